The van der Waals surface area contributed by atoms with Crippen molar-refractivity contribution in [3.63, 3.8) is 0 Å². The molecule has 1 heterocycles. The van der Waals surface area contributed by atoms with E-state index in [0.717, 1.165) is 31.1 Å². The molecule has 1 aromatic rings. The first-order valence-electron chi connectivity index (χ1n) is 6.02. The molecule has 16 heavy (non-hydrogen) atoms. The van der Waals surface area contributed by atoms with Gasteiger partial charge in [-0.05, 0) is 12.0 Å². The van der Waals surface area contributed by atoms with Crippen LogP contribution in [0.3, 0.4) is 0 Å². The number of hydrogen-bond acceptors (Lipinski definition) is 4. The van der Waals surface area contributed by atoms with E-state index in [2.05, 4.69) is 43.2 Å². The van der Waals surface area contributed by atoms with Crippen LogP contribution in [0.15, 0.2) is 4.52 Å². The minimum absolute atomic E-state index is 0.191. The van der Waals surface area contributed by atoms with Gasteiger partial charge in [-0.1, -0.05) is 39.8 Å². The molecule has 1 aromatic heterocycles. The second-order valence-electron chi connectivity index (χ2n) is 5.14. The summed E-state index contributed by atoms with van der Waals surface area (Å²) in [5.74, 6) is 1.52. The molecule has 1 atom stereocenters. The van der Waals surface area contributed by atoms with Crippen LogP contribution in [-0.2, 0) is 12.8 Å². The molecule has 0 radical (unpaired) electrons. The maximum atomic E-state index is 5.23. The lowest BCUT2D eigenvalue weighted by Gasteiger charge is -2.30. The molecule has 92 valence electrons. The van der Waals surface area contributed by atoms with Crippen molar-refractivity contribution in [1.29, 1.82) is 0 Å². The number of nitrogens with zero attached hydrogens (tertiary/aromatic N) is 2. The highest BCUT2D eigenvalue weighted by Crippen LogP contribution is 2.22. The zero-order valence-corrected chi connectivity index (χ0v) is 11.0. The highest BCUT2D eigenvalue weighted by Gasteiger charge is 2.25. The minimum atomic E-state index is 0.191. The zero-order valence-electron chi connectivity index (χ0n) is 11.0. The fraction of sp³-hybridized carbons (Fsp3) is 0.833. The molecule has 0 saturated heterocycles. The van der Waals surface area contributed by atoms with Crippen molar-refractivity contribution in [2.24, 2.45) is 5.41 Å². The van der Waals surface area contributed by atoms with Gasteiger partial charge in [0.25, 0.3) is 0 Å². The molecule has 0 aliphatic heterocycles. The highest BCUT2D eigenvalue weighted by molar-refractivity contribution is 4.92. The number of aryl methyl sites for hydroxylation is 1. The molecule has 0 spiro atoms. The second-order valence-corrected chi connectivity index (χ2v) is 5.14. The Morgan fingerprint density at radius 1 is 1.31 bits per heavy atom. The summed E-state index contributed by atoms with van der Waals surface area (Å²) in [7, 11) is 0. The van der Waals surface area contributed by atoms with Crippen LogP contribution < -0.4 is 5.32 Å². The molecular formula is C12H23N3O. The Morgan fingerprint density at radius 3 is 2.44 bits per heavy atom. The summed E-state index contributed by atoms with van der Waals surface area (Å²) in [5, 5.41) is 7.39. The van der Waals surface area contributed by atoms with E-state index in [1.54, 1.807) is 0 Å². The van der Waals surface area contributed by atoms with Crippen molar-refractivity contribution in [1.82, 2.24) is 15.5 Å². The summed E-state index contributed by atoms with van der Waals surface area (Å²) >= 11 is 0. The van der Waals surface area contributed by atoms with Gasteiger partial charge in [0.05, 0.1) is 0 Å². The van der Waals surface area contributed by atoms with E-state index in [9.17, 15) is 0 Å². The molecule has 4 nitrogen and oxygen atoms in total. The van der Waals surface area contributed by atoms with Crippen molar-refractivity contribution < 1.29 is 4.52 Å². The molecule has 1 rings (SSSR count). The molecule has 0 amide bonds. The van der Waals surface area contributed by atoms with Crippen molar-refractivity contribution in [3.05, 3.63) is 11.7 Å². The van der Waals surface area contributed by atoms with Crippen LogP contribution >= 0.6 is 0 Å². The number of likely N-dealkylation sites (N-methyl/N-ethyl adjacent to an activating group) is 1. The molecule has 0 aliphatic carbocycles. The van der Waals surface area contributed by atoms with Crippen LogP contribution in [0.1, 0.15) is 46.3 Å². The first-order valence-corrected chi connectivity index (χ1v) is 6.02. The Bertz CT molecular complexity index is 314. The van der Waals surface area contributed by atoms with Gasteiger partial charge in [-0.2, -0.15) is 4.98 Å². The lowest BCUT2D eigenvalue weighted by atomic mass is 9.84. The largest absolute Gasteiger partial charge is 0.339 e. The fourth-order valence-corrected chi connectivity index (χ4v) is 1.62. The third-order valence-corrected chi connectivity index (χ3v) is 2.70. The van der Waals surface area contributed by atoms with Crippen LogP contribution in [0, 0.1) is 5.41 Å². The van der Waals surface area contributed by atoms with Crippen molar-refractivity contribution in [3.8, 4) is 0 Å². The zero-order chi connectivity index (χ0) is 12.2. The van der Waals surface area contributed by atoms with E-state index in [1.807, 2.05) is 6.92 Å². The maximum Gasteiger partial charge on any atom is 0.228 e. The normalized spacial score (nSPS) is 14.1. The number of aromatic nitrogens is 2. The number of rotatable bonds is 5. The molecule has 1 unspecified atom stereocenters. The van der Waals surface area contributed by atoms with Gasteiger partial charge in [0, 0.05) is 18.9 Å². The molecule has 4 heteroatoms. The first kappa shape index (κ1) is 13.2. The quantitative estimate of drug-likeness (QED) is 0.834. The van der Waals surface area contributed by atoms with E-state index in [4.69, 9.17) is 4.52 Å². The predicted octanol–water partition coefficient (Wildman–Crippen LogP) is 2.20. The van der Waals surface area contributed by atoms with Gasteiger partial charge in [0.2, 0.25) is 5.89 Å². The number of hydrogen-bond donors (Lipinski definition) is 1. The van der Waals surface area contributed by atoms with Crippen LogP contribution in [0.4, 0.5) is 0 Å². The lowest BCUT2D eigenvalue weighted by molar-refractivity contribution is 0.247. The lowest BCUT2D eigenvalue weighted by Crippen LogP contribution is -2.41. The molecule has 0 bridgehead atoms. The van der Waals surface area contributed by atoms with E-state index in [0.29, 0.717) is 6.04 Å². The van der Waals surface area contributed by atoms with Gasteiger partial charge in [0.15, 0.2) is 5.82 Å². The van der Waals surface area contributed by atoms with Gasteiger partial charge in [0.1, 0.15) is 0 Å². The predicted molar refractivity (Wildman–Crippen MR) is 64.3 cm³/mol. The summed E-state index contributed by atoms with van der Waals surface area (Å²) in [6, 6.07) is 0.364. The SMILES string of the molecule is CCNC(Cc1nc(CC)no1)C(C)(C)C. The van der Waals surface area contributed by atoms with Crippen LogP contribution in [0.25, 0.3) is 0 Å². The Labute approximate surface area is 97.8 Å². The van der Waals surface area contributed by atoms with Crippen molar-refractivity contribution in [2.45, 2.75) is 53.5 Å². The van der Waals surface area contributed by atoms with E-state index >= 15 is 0 Å². The van der Waals surface area contributed by atoms with Crippen LogP contribution in [0.5, 0.6) is 0 Å². The van der Waals surface area contributed by atoms with Gasteiger partial charge in [-0.3, -0.25) is 0 Å². The van der Waals surface area contributed by atoms with Crippen molar-refractivity contribution >= 4 is 0 Å². The molecule has 0 fully saturated rings. The summed E-state index contributed by atoms with van der Waals surface area (Å²) < 4.78 is 5.23. The molecule has 0 saturated carbocycles. The maximum absolute atomic E-state index is 5.23. The molecule has 0 aromatic carbocycles. The summed E-state index contributed by atoms with van der Waals surface area (Å²) in [4.78, 5) is 4.35. The molecular weight excluding hydrogens is 202 g/mol. The first-order chi connectivity index (χ1) is 7.47. The van der Waals surface area contributed by atoms with Gasteiger partial charge >= 0.3 is 0 Å². The smallest absolute Gasteiger partial charge is 0.228 e. The monoisotopic (exact) mass is 225 g/mol. The fourth-order valence-electron chi connectivity index (χ4n) is 1.62. The summed E-state index contributed by atoms with van der Waals surface area (Å²) in [6.45, 7) is 11.8. The highest BCUT2D eigenvalue weighted by atomic mass is 16.5. The third-order valence-electron chi connectivity index (χ3n) is 2.70. The van der Waals surface area contributed by atoms with Gasteiger partial charge < -0.3 is 9.84 Å². The average molecular weight is 225 g/mol. The minimum Gasteiger partial charge on any atom is -0.339 e. The second kappa shape index (κ2) is 5.43. The topological polar surface area (TPSA) is 51.0 Å². The van der Waals surface area contributed by atoms with Crippen molar-refractivity contribution in [2.75, 3.05) is 6.54 Å². The summed E-state index contributed by atoms with van der Waals surface area (Å²) in [5.41, 5.74) is 0.191. The third kappa shape index (κ3) is 3.59. The average Bonchev–Trinajstić information content (AvgIpc) is 2.63. The van der Waals surface area contributed by atoms with E-state index in [-0.39, 0.29) is 5.41 Å². The molecule has 0 aliphatic rings. The van der Waals surface area contributed by atoms with E-state index < -0.39 is 0 Å². The summed E-state index contributed by atoms with van der Waals surface area (Å²) in [6.07, 6.45) is 1.62. The van der Waals surface area contributed by atoms with Crippen LogP contribution in [-0.4, -0.2) is 22.7 Å². The number of nitrogens with one attached hydrogen (secondary N) is 1. The standard InChI is InChI=1S/C12H23N3O/c1-6-10-14-11(16-15-10)8-9(13-7-2)12(3,4)5/h9,13H,6-8H2,1-5H3. The Hall–Kier alpha value is -0.900. The Morgan fingerprint density at radius 2 is 2.00 bits per heavy atom. The van der Waals surface area contributed by atoms with Gasteiger partial charge in [-0.25, -0.2) is 0 Å². The van der Waals surface area contributed by atoms with E-state index in [1.165, 1.54) is 0 Å². The molecule has 1 N–H and O–H groups in total. The Kier molecular flexibility index (Phi) is 4.47. The Balaban J connectivity index is 2.67. The van der Waals surface area contributed by atoms with Crippen LogP contribution in [0.2, 0.25) is 0 Å². The van der Waals surface area contributed by atoms with Gasteiger partial charge in [-0.15, -0.1) is 0 Å².